The summed E-state index contributed by atoms with van der Waals surface area (Å²) in [5.41, 5.74) is 0. The van der Waals surface area contributed by atoms with E-state index in [9.17, 15) is 9.90 Å². The van der Waals surface area contributed by atoms with E-state index in [4.69, 9.17) is 6.42 Å². The molecule has 2 bridgehead atoms. The zero-order valence-corrected chi connectivity index (χ0v) is 8.01. The Morgan fingerprint density at radius 2 is 2.36 bits per heavy atom. The summed E-state index contributed by atoms with van der Waals surface area (Å²) in [6.07, 6.45) is 6.03. The maximum Gasteiger partial charge on any atom is 0.410 e. The molecule has 4 atom stereocenters. The minimum Gasteiger partial charge on any atom is -0.453 e. The number of piperidine rings is 1. The van der Waals surface area contributed by atoms with E-state index < -0.39 is 0 Å². The van der Waals surface area contributed by atoms with Crippen molar-refractivity contribution in [3.05, 3.63) is 0 Å². The lowest BCUT2D eigenvalue weighted by Crippen LogP contribution is -2.48. The van der Waals surface area contributed by atoms with Crippen LogP contribution in [0, 0.1) is 18.3 Å². The first kappa shape index (κ1) is 9.35. The van der Waals surface area contributed by atoms with Gasteiger partial charge in [0, 0.05) is 12.0 Å². The van der Waals surface area contributed by atoms with Crippen molar-refractivity contribution in [1.82, 2.24) is 4.90 Å². The molecular formula is C10H13NO3. The van der Waals surface area contributed by atoms with Gasteiger partial charge in [-0.25, -0.2) is 4.79 Å². The van der Waals surface area contributed by atoms with Gasteiger partial charge >= 0.3 is 6.09 Å². The predicted octanol–water partition coefficient (Wildman–Crippen LogP) is 0.210. The van der Waals surface area contributed by atoms with Crippen LogP contribution in [0.25, 0.3) is 0 Å². The monoisotopic (exact) mass is 195 g/mol. The first-order chi connectivity index (χ1) is 6.69. The minimum atomic E-state index is -0.382. The zero-order valence-electron chi connectivity index (χ0n) is 8.01. The molecule has 4 heteroatoms. The van der Waals surface area contributed by atoms with Crippen molar-refractivity contribution in [2.45, 2.75) is 31.0 Å². The predicted molar refractivity (Wildman–Crippen MR) is 49.4 cm³/mol. The second-order valence-corrected chi connectivity index (χ2v) is 3.85. The molecule has 1 aliphatic heterocycles. The summed E-state index contributed by atoms with van der Waals surface area (Å²) in [5.74, 6) is 2.59. The third kappa shape index (κ3) is 1.09. The number of methoxy groups -OCH3 is 1. The molecule has 1 heterocycles. The summed E-state index contributed by atoms with van der Waals surface area (Å²) in [7, 11) is 1.35. The average Bonchev–Trinajstić information content (AvgIpc) is 2.71. The molecule has 2 fully saturated rings. The summed E-state index contributed by atoms with van der Waals surface area (Å²) < 4.78 is 4.66. The first-order valence-corrected chi connectivity index (χ1v) is 4.69. The van der Waals surface area contributed by atoms with Crippen LogP contribution in [0.3, 0.4) is 0 Å². The number of fused-ring (bicyclic) bond motifs is 2. The summed E-state index contributed by atoms with van der Waals surface area (Å²) >= 11 is 0. The molecule has 0 spiro atoms. The molecule has 4 nitrogen and oxygen atoms in total. The Bertz CT molecular complexity index is 296. The van der Waals surface area contributed by atoms with Gasteiger partial charge in [-0.3, -0.25) is 4.90 Å². The third-order valence-electron chi connectivity index (χ3n) is 3.21. The van der Waals surface area contributed by atoms with Crippen LogP contribution in [0.15, 0.2) is 0 Å². The van der Waals surface area contributed by atoms with Gasteiger partial charge in [0.15, 0.2) is 0 Å². The van der Waals surface area contributed by atoms with Crippen LogP contribution >= 0.6 is 0 Å². The number of hydrogen-bond donors (Lipinski definition) is 1. The van der Waals surface area contributed by atoms with Gasteiger partial charge in [0.25, 0.3) is 0 Å². The number of amides is 1. The molecule has 0 aromatic carbocycles. The van der Waals surface area contributed by atoms with Gasteiger partial charge in [0.1, 0.15) is 6.04 Å². The minimum absolute atomic E-state index is 0.0316. The Morgan fingerprint density at radius 3 is 2.93 bits per heavy atom. The van der Waals surface area contributed by atoms with Crippen LogP contribution < -0.4 is 0 Å². The average molecular weight is 195 g/mol. The second kappa shape index (κ2) is 3.18. The molecule has 1 amide bonds. The Labute approximate surface area is 82.8 Å². The van der Waals surface area contributed by atoms with Gasteiger partial charge in [0.05, 0.1) is 13.2 Å². The van der Waals surface area contributed by atoms with Crippen molar-refractivity contribution in [1.29, 1.82) is 0 Å². The van der Waals surface area contributed by atoms with Gasteiger partial charge in [-0.15, -0.1) is 6.42 Å². The molecule has 2 aliphatic rings. The Kier molecular flexibility index (Phi) is 2.12. The van der Waals surface area contributed by atoms with Gasteiger partial charge in [-0.05, 0) is 12.8 Å². The summed E-state index contributed by atoms with van der Waals surface area (Å²) in [4.78, 5) is 13.0. The largest absolute Gasteiger partial charge is 0.453 e. The summed E-state index contributed by atoms with van der Waals surface area (Å²) in [6.45, 7) is 0. The normalized spacial score (nSPS) is 39.6. The van der Waals surface area contributed by atoms with Crippen molar-refractivity contribution in [3.8, 4) is 12.3 Å². The lowest BCUT2D eigenvalue weighted by Gasteiger charge is -2.33. The fourth-order valence-electron chi connectivity index (χ4n) is 2.59. The maximum atomic E-state index is 11.4. The van der Waals surface area contributed by atoms with Crippen LogP contribution in [0.1, 0.15) is 12.8 Å². The van der Waals surface area contributed by atoms with E-state index in [0.29, 0.717) is 6.42 Å². The fraction of sp³-hybridized carbons (Fsp3) is 0.700. The molecule has 1 aliphatic carbocycles. The number of aliphatic hydroxyl groups excluding tert-OH is 1. The maximum absolute atomic E-state index is 11.4. The molecule has 0 radical (unpaired) electrons. The molecule has 0 aromatic heterocycles. The Hall–Kier alpha value is -1.21. The molecule has 1 N–H and O–H groups in total. The molecular weight excluding hydrogens is 182 g/mol. The molecule has 1 saturated carbocycles. The van der Waals surface area contributed by atoms with Gasteiger partial charge in [-0.1, -0.05) is 5.92 Å². The molecule has 76 valence electrons. The number of ether oxygens (including phenoxy) is 1. The van der Waals surface area contributed by atoms with Gasteiger partial charge < -0.3 is 9.84 Å². The number of rotatable bonds is 0. The van der Waals surface area contributed by atoms with E-state index in [1.807, 2.05) is 0 Å². The van der Waals surface area contributed by atoms with Crippen molar-refractivity contribution < 1.29 is 14.6 Å². The van der Waals surface area contributed by atoms with E-state index in [1.165, 1.54) is 7.11 Å². The van der Waals surface area contributed by atoms with Crippen molar-refractivity contribution >= 4 is 6.09 Å². The number of terminal acetylenes is 1. The van der Waals surface area contributed by atoms with E-state index in [1.54, 1.807) is 4.90 Å². The summed E-state index contributed by atoms with van der Waals surface area (Å²) in [5, 5.41) is 9.62. The quantitative estimate of drug-likeness (QED) is 0.562. The highest BCUT2D eigenvalue weighted by atomic mass is 16.5. The third-order valence-corrected chi connectivity index (χ3v) is 3.21. The smallest absolute Gasteiger partial charge is 0.410 e. The van der Waals surface area contributed by atoms with Gasteiger partial charge in [-0.2, -0.15) is 0 Å². The lowest BCUT2D eigenvalue weighted by atomic mass is 9.97. The standard InChI is InChI=1S/C10H13NO3/c1-3-8-7-4-6(5-9(7)12)11(8)10(13)14-2/h1,6-9,12H,4-5H2,2H3/t6-,7-,8+,9+/m1/s1. The molecule has 2 rings (SSSR count). The van der Waals surface area contributed by atoms with Crippen LogP contribution in [0.5, 0.6) is 0 Å². The Morgan fingerprint density at radius 1 is 1.64 bits per heavy atom. The van der Waals surface area contributed by atoms with E-state index in [2.05, 4.69) is 10.7 Å². The molecule has 1 saturated heterocycles. The van der Waals surface area contributed by atoms with Crippen LogP contribution in [-0.4, -0.2) is 41.4 Å². The molecule has 0 aromatic rings. The lowest BCUT2D eigenvalue weighted by molar-refractivity contribution is 0.0458. The van der Waals surface area contributed by atoms with Crippen molar-refractivity contribution in [2.24, 2.45) is 5.92 Å². The zero-order chi connectivity index (χ0) is 10.3. The van der Waals surface area contributed by atoms with E-state index in [0.717, 1.165) is 6.42 Å². The van der Waals surface area contributed by atoms with Crippen molar-refractivity contribution in [2.75, 3.05) is 7.11 Å². The molecule has 14 heavy (non-hydrogen) atoms. The van der Waals surface area contributed by atoms with Crippen LogP contribution in [0.2, 0.25) is 0 Å². The highest BCUT2D eigenvalue weighted by Gasteiger charge is 2.52. The van der Waals surface area contributed by atoms with Gasteiger partial charge in [0.2, 0.25) is 0 Å². The van der Waals surface area contributed by atoms with E-state index in [-0.39, 0.29) is 30.2 Å². The van der Waals surface area contributed by atoms with E-state index >= 15 is 0 Å². The molecule has 0 unspecified atom stereocenters. The highest BCUT2D eigenvalue weighted by Crippen LogP contribution is 2.42. The highest BCUT2D eigenvalue weighted by molar-refractivity contribution is 5.70. The fourth-order valence-corrected chi connectivity index (χ4v) is 2.59. The first-order valence-electron chi connectivity index (χ1n) is 4.69. The number of carbonyl (C=O) groups is 1. The number of carbonyl (C=O) groups excluding carboxylic acids is 1. The topological polar surface area (TPSA) is 49.8 Å². The summed E-state index contributed by atoms with van der Waals surface area (Å²) in [6, 6.07) is -0.236. The van der Waals surface area contributed by atoms with Crippen LogP contribution in [0.4, 0.5) is 4.79 Å². The number of aliphatic hydroxyl groups is 1. The van der Waals surface area contributed by atoms with Crippen molar-refractivity contribution in [3.63, 3.8) is 0 Å². The number of likely N-dealkylation sites (tertiary alicyclic amines) is 1. The SMILES string of the molecule is C#C[C@H]1[C@H]2C[C@H](C[C@@H]2O)N1C(=O)OC. The number of nitrogens with zero attached hydrogens (tertiary/aromatic N) is 1. The second-order valence-electron chi connectivity index (χ2n) is 3.85. The number of hydrogen-bond acceptors (Lipinski definition) is 3. The van der Waals surface area contributed by atoms with Crippen LogP contribution in [-0.2, 0) is 4.74 Å². The Balaban J connectivity index is 2.21.